The minimum absolute atomic E-state index is 0.00134. The molecule has 0 aliphatic carbocycles. The average molecular weight is 558 g/mol. The lowest BCUT2D eigenvalue weighted by molar-refractivity contribution is -0.140. The van der Waals surface area contributed by atoms with Crippen LogP contribution in [0.3, 0.4) is 0 Å². The number of methoxy groups -OCH3 is 1. The third-order valence-electron chi connectivity index (χ3n) is 5.17. The van der Waals surface area contributed by atoms with Crippen LogP contribution in [0.25, 0.3) is 11.1 Å². The van der Waals surface area contributed by atoms with E-state index in [0.29, 0.717) is 11.1 Å². The molecule has 3 aromatic carbocycles. The summed E-state index contributed by atoms with van der Waals surface area (Å²) in [5, 5.41) is 28.8. The Morgan fingerprint density at radius 2 is 1.49 bits per heavy atom. The predicted molar refractivity (Wildman–Crippen MR) is 132 cm³/mol. The molecular weight excluding hydrogens is 542 g/mol. The number of carboxylic acid groups (broad SMARTS) is 1. The molecule has 0 aromatic heterocycles. The number of halogens is 4. The summed E-state index contributed by atoms with van der Waals surface area (Å²) in [6.07, 6.45) is 0.144. The molecule has 0 saturated carbocycles. The smallest absolute Gasteiger partial charge is 0.338 e. The summed E-state index contributed by atoms with van der Waals surface area (Å²) in [6.45, 7) is 0. The van der Waals surface area contributed by atoms with Gasteiger partial charge in [-0.1, -0.05) is 64.6 Å². The summed E-state index contributed by atoms with van der Waals surface area (Å²) >= 11 is 24.3. The number of hydrogen-bond donors (Lipinski definition) is 3. The lowest BCUT2D eigenvalue weighted by Gasteiger charge is -2.14. The van der Waals surface area contributed by atoms with Gasteiger partial charge in [-0.3, -0.25) is 9.59 Å². The van der Waals surface area contributed by atoms with Crippen molar-refractivity contribution < 1.29 is 34.4 Å². The number of hydrogen-bond acceptors (Lipinski definition) is 6. The molecular formula is C24H16Cl4O7. The van der Waals surface area contributed by atoms with E-state index < -0.39 is 33.9 Å². The maximum Gasteiger partial charge on any atom is 0.338 e. The van der Waals surface area contributed by atoms with E-state index in [0.717, 1.165) is 6.07 Å². The molecule has 11 heteroatoms. The van der Waals surface area contributed by atoms with Gasteiger partial charge in [0.2, 0.25) is 0 Å². The van der Waals surface area contributed by atoms with Crippen molar-refractivity contribution in [2.75, 3.05) is 7.11 Å². The number of phenolic OH excluding ortho intramolecular Hbond substituents is 2. The standard InChI is InChI=1S/C24H16Cl4O7/c1-35-16(31)6-5-11-8-13(15(30)9-14(11)29)10-3-2-4-12(7-10)23(32)17-18(24(33)34)20(26)22(28)21(27)19(17)25/h2-4,7-9,29-30H,5-6H2,1H3,(H,33,34). The van der Waals surface area contributed by atoms with Crippen LogP contribution in [0.2, 0.25) is 20.1 Å². The maximum absolute atomic E-state index is 13.3. The van der Waals surface area contributed by atoms with Gasteiger partial charge in [0.1, 0.15) is 11.5 Å². The van der Waals surface area contributed by atoms with Gasteiger partial charge >= 0.3 is 11.9 Å². The third kappa shape index (κ3) is 5.33. The van der Waals surface area contributed by atoms with Gasteiger partial charge in [-0.05, 0) is 29.7 Å². The fourth-order valence-electron chi connectivity index (χ4n) is 3.41. The van der Waals surface area contributed by atoms with Crippen LogP contribution >= 0.6 is 46.4 Å². The maximum atomic E-state index is 13.3. The van der Waals surface area contributed by atoms with Crippen molar-refractivity contribution in [1.29, 1.82) is 0 Å². The highest BCUT2D eigenvalue weighted by Gasteiger charge is 2.29. The van der Waals surface area contributed by atoms with E-state index in [-0.39, 0.29) is 50.5 Å². The van der Waals surface area contributed by atoms with Crippen molar-refractivity contribution in [3.8, 4) is 22.6 Å². The van der Waals surface area contributed by atoms with Gasteiger partial charge in [-0.25, -0.2) is 4.79 Å². The van der Waals surface area contributed by atoms with E-state index in [1.807, 2.05) is 0 Å². The molecule has 0 atom stereocenters. The minimum Gasteiger partial charge on any atom is -0.508 e. The quantitative estimate of drug-likeness (QED) is 0.133. The molecule has 35 heavy (non-hydrogen) atoms. The molecule has 0 bridgehead atoms. The topological polar surface area (TPSA) is 121 Å². The summed E-state index contributed by atoms with van der Waals surface area (Å²) < 4.78 is 4.61. The minimum atomic E-state index is -1.53. The van der Waals surface area contributed by atoms with Gasteiger partial charge in [-0.2, -0.15) is 0 Å². The molecule has 0 heterocycles. The molecule has 3 N–H and O–H groups in total. The summed E-state index contributed by atoms with van der Waals surface area (Å²) in [4.78, 5) is 36.7. The summed E-state index contributed by atoms with van der Waals surface area (Å²) in [5.41, 5.74) is -0.0262. The Morgan fingerprint density at radius 1 is 0.857 bits per heavy atom. The number of esters is 1. The first-order valence-corrected chi connectivity index (χ1v) is 11.3. The second-order valence-electron chi connectivity index (χ2n) is 7.30. The summed E-state index contributed by atoms with van der Waals surface area (Å²) in [5.74, 6) is -3.29. The summed E-state index contributed by atoms with van der Waals surface area (Å²) in [7, 11) is 1.25. The van der Waals surface area contributed by atoms with Crippen LogP contribution in [-0.2, 0) is 16.0 Å². The van der Waals surface area contributed by atoms with E-state index in [1.165, 1.54) is 31.4 Å². The molecule has 0 aliphatic heterocycles. The Kier molecular flexibility index (Phi) is 8.18. The number of carboxylic acids is 1. The number of ether oxygens (including phenoxy) is 1. The molecule has 182 valence electrons. The fourth-order valence-corrected chi connectivity index (χ4v) is 4.43. The van der Waals surface area contributed by atoms with Crippen molar-refractivity contribution in [2.45, 2.75) is 12.8 Å². The van der Waals surface area contributed by atoms with Crippen molar-refractivity contribution in [1.82, 2.24) is 0 Å². The second-order valence-corrected chi connectivity index (χ2v) is 8.81. The number of benzene rings is 3. The van der Waals surface area contributed by atoms with Crippen LogP contribution < -0.4 is 0 Å². The summed E-state index contributed by atoms with van der Waals surface area (Å²) in [6, 6.07) is 8.51. The number of carbonyl (C=O) groups excluding carboxylic acids is 2. The van der Waals surface area contributed by atoms with Gasteiger partial charge in [0.05, 0.1) is 38.3 Å². The average Bonchev–Trinajstić information content (AvgIpc) is 2.83. The Balaban J connectivity index is 2.11. The molecule has 0 amide bonds. The number of phenols is 2. The normalized spacial score (nSPS) is 10.8. The van der Waals surface area contributed by atoms with Crippen LogP contribution in [0.5, 0.6) is 11.5 Å². The monoisotopic (exact) mass is 556 g/mol. The van der Waals surface area contributed by atoms with E-state index in [9.17, 15) is 29.7 Å². The molecule has 3 rings (SSSR count). The van der Waals surface area contributed by atoms with E-state index >= 15 is 0 Å². The zero-order valence-electron chi connectivity index (χ0n) is 17.9. The molecule has 7 nitrogen and oxygen atoms in total. The van der Waals surface area contributed by atoms with Crippen molar-refractivity contribution in [3.63, 3.8) is 0 Å². The lowest BCUT2D eigenvalue weighted by Crippen LogP contribution is -2.12. The van der Waals surface area contributed by atoms with Crippen molar-refractivity contribution in [2.24, 2.45) is 0 Å². The van der Waals surface area contributed by atoms with Gasteiger partial charge in [0.25, 0.3) is 0 Å². The number of rotatable bonds is 7. The Labute approximate surface area is 219 Å². The number of aromatic carboxylic acids is 1. The largest absolute Gasteiger partial charge is 0.508 e. The van der Waals surface area contributed by atoms with Crippen LogP contribution in [0.15, 0.2) is 36.4 Å². The second kappa shape index (κ2) is 10.7. The molecule has 0 unspecified atom stereocenters. The first kappa shape index (κ1) is 26.6. The van der Waals surface area contributed by atoms with Gasteiger partial charge < -0.3 is 20.1 Å². The zero-order chi connectivity index (χ0) is 26.0. The molecule has 3 aromatic rings. The first-order chi connectivity index (χ1) is 16.5. The van der Waals surface area contributed by atoms with Crippen molar-refractivity contribution >= 4 is 64.1 Å². The molecule has 0 aliphatic rings. The van der Waals surface area contributed by atoms with Crippen molar-refractivity contribution in [3.05, 3.63) is 78.7 Å². The third-order valence-corrected chi connectivity index (χ3v) is 6.97. The Bertz CT molecular complexity index is 1370. The molecule has 0 spiro atoms. The van der Waals surface area contributed by atoms with E-state index in [1.54, 1.807) is 6.07 Å². The Morgan fingerprint density at radius 3 is 2.09 bits per heavy atom. The molecule has 0 saturated heterocycles. The van der Waals surface area contributed by atoms with E-state index in [2.05, 4.69) is 4.74 Å². The van der Waals surface area contributed by atoms with Crippen LogP contribution in [0.4, 0.5) is 0 Å². The number of aromatic hydroxyl groups is 2. The molecule has 0 radical (unpaired) electrons. The van der Waals surface area contributed by atoms with Crippen LogP contribution in [0.1, 0.15) is 38.3 Å². The zero-order valence-corrected chi connectivity index (χ0v) is 20.9. The predicted octanol–water partition coefficient (Wildman–Crippen LogP) is 6.41. The number of aryl methyl sites for hydroxylation is 1. The SMILES string of the molecule is COC(=O)CCc1cc(-c2cccc(C(=O)c3c(Cl)c(Cl)c(Cl)c(Cl)c3C(=O)O)c2)c(O)cc1O. The Hall–Kier alpha value is -2.97. The van der Waals surface area contributed by atoms with Crippen LogP contribution in [0, 0.1) is 0 Å². The first-order valence-electron chi connectivity index (χ1n) is 9.83. The molecule has 0 fully saturated rings. The highest BCUT2D eigenvalue weighted by molar-refractivity contribution is 6.54. The van der Waals surface area contributed by atoms with Gasteiger partial charge in [0.15, 0.2) is 5.78 Å². The van der Waals surface area contributed by atoms with E-state index in [4.69, 9.17) is 46.4 Å². The van der Waals surface area contributed by atoms with Gasteiger partial charge in [-0.15, -0.1) is 0 Å². The number of ketones is 1. The van der Waals surface area contributed by atoms with Gasteiger partial charge in [0, 0.05) is 23.6 Å². The fraction of sp³-hybridized carbons (Fsp3) is 0.125. The highest BCUT2D eigenvalue weighted by Crippen LogP contribution is 2.43. The van der Waals surface area contributed by atoms with Crippen LogP contribution in [-0.4, -0.2) is 40.2 Å². The lowest BCUT2D eigenvalue weighted by atomic mass is 9.94. The number of carbonyl (C=O) groups is 3. The highest BCUT2D eigenvalue weighted by atomic mass is 35.5.